The summed E-state index contributed by atoms with van der Waals surface area (Å²) in [5.41, 5.74) is 2.20. The molecule has 1 aliphatic rings. The Labute approximate surface area is 152 Å². The van der Waals surface area contributed by atoms with Crippen LogP contribution in [0.1, 0.15) is 64.0 Å². The van der Waals surface area contributed by atoms with Crippen LogP contribution in [0.3, 0.4) is 0 Å². The molecule has 1 N–H and O–H groups in total. The van der Waals surface area contributed by atoms with Gasteiger partial charge in [-0.05, 0) is 82.1 Å². The summed E-state index contributed by atoms with van der Waals surface area (Å²) < 4.78 is 11.7. The van der Waals surface area contributed by atoms with Crippen LogP contribution < -0.4 is 10.1 Å². The Balaban J connectivity index is 2.15. The van der Waals surface area contributed by atoms with E-state index in [4.69, 9.17) is 9.47 Å². The Hall–Kier alpha value is -1.55. The largest absolute Gasteiger partial charge is 0.490 e. The zero-order chi connectivity index (χ0) is 18.6. The van der Waals surface area contributed by atoms with Crippen LogP contribution in [0.4, 0.5) is 5.69 Å². The summed E-state index contributed by atoms with van der Waals surface area (Å²) in [6.07, 6.45) is 4.76. The van der Waals surface area contributed by atoms with Gasteiger partial charge in [-0.3, -0.25) is 4.79 Å². The minimum atomic E-state index is -0.694. The van der Waals surface area contributed by atoms with Crippen molar-refractivity contribution >= 4 is 11.6 Å². The summed E-state index contributed by atoms with van der Waals surface area (Å²) in [7, 11) is 1.65. The number of carbonyl (C=O) groups is 1. The van der Waals surface area contributed by atoms with Crippen molar-refractivity contribution in [3.8, 4) is 5.75 Å². The summed E-state index contributed by atoms with van der Waals surface area (Å²) >= 11 is 0. The number of ether oxygens (including phenoxy) is 2. The Morgan fingerprint density at radius 1 is 1.28 bits per heavy atom. The van der Waals surface area contributed by atoms with Crippen molar-refractivity contribution in [2.24, 2.45) is 5.92 Å². The van der Waals surface area contributed by atoms with Crippen molar-refractivity contribution in [2.45, 2.75) is 78.4 Å². The van der Waals surface area contributed by atoms with E-state index in [-0.39, 0.29) is 12.0 Å². The highest BCUT2D eigenvalue weighted by atomic mass is 16.5. The second kappa shape index (κ2) is 8.22. The van der Waals surface area contributed by atoms with E-state index < -0.39 is 5.60 Å². The van der Waals surface area contributed by atoms with Crippen LogP contribution in [0.5, 0.6) is 5.75 Å². The molecule has 4 nitrogen and oxygen atoms in total. The lowest BCUT2D eigenvalue weighted by Gasteiger charge is -2.36. The van der Waals surface area contributed by atoms with Gasteiger partial charge in [0.1, 0.15) is 11.4 Å². The molecule has 1 aliphatic carbocycles. The molecule has 0 heterocycles. The maximum Gasteiger partial charge on any atom is 0.256 e. The van der Waals surface area contributed by atoms with Gasteiger partial charge in [-0.15, -0.1) is 0 Å². The molecule has 0 radical (unpaired) electrons. The molecule has 0 unspecified atom stereocenters. The molecule has 0 bridgehead atoms. The number of anilines is 1. The quantitative estimate of drug-likeness (QED) is 0.786. The Morgan fingerprint density at radius 2 is 1.84 bits per heavy atom. The predicted molar refractivity (Wildman–Crippen MR) is 102 cm³/mol. The molecule has 1 aromatic carbocycles. The summed E-state index contributed by atoms with van der Waals surface area (Å²) in [5, 5.41) is 3.07. The predicted octanol–water partition coefficient (Wildman–Crippen LogP) is 5.01. The summed E-state index contributed by atoms with van der Waals surface area (Å²) in [5.74, 6) is 1.55. The molecule has 0 aromatic heterocycles. The average Bonchev–Trinajstić information content (AvgIpc) is 2.58. The van der Waals surface area contributed by atoms with Gasteiger partial charge in [0.15, 0.2) is 0 Å². The molecule has 4 heteroatoms. The molecular weight excluding hydrogens is 314 g/mol. The molecule has 1 aromatic rings. The third-order valence-corrected chi connectivity index (χ3v) is 5.50. The fraction of sp³-hybridized carbons (Fsp3) is 0.667. The molecule has 0 aliphatic heterocycles. The lowest BCUT2D eigenvalue weighted by molar-refractivity contribution is -0.142. The van der Waals surface area contributed by atoms with E-state index in [9.17, 15) is 4.79 Å². The van der Waals surface area contributed by atoms with E-state index in [0.717, 1.165) is 54.7 Å². The molecule has 1 atom stereocenters. The molecule has 1 fully saturated rings. The van der Waals surface area contributed by atoms with Gasteiger partial charge in [-0.2, -0.15) is 0 Å². The van der Waals surface area contributed by atoms with Crippen LogP contribution in [0.2, 0.25) is 0 Å². The van der Waals surface area contributed by atoms with E-state index in [2.05, 4.69) is 26.1 Å². The maximum absolute atomic E-state index is 12.9. The fourth-order valence-electron chi connectivity index (χ4n) is 3.49. The van der Waals surface area contributed by atoms with Crippen molar-refractivity contribution in [1.82, 2.24) is 0 Å². The van der Waals surface area contributed by atoms with Gasteiger partial charge in [0.2, 0.25) is 0 Å². The van der Waals surface area contributed by atoms with Crippen molar-refractivity contribution in [3.63, 3.8) is 0 Å². The van der Waals surface area contributed by atoms with Gasteiger partial charge in [0.05, 0.1) is 6.10 Å². The number of carbonyl (C=O) groups excluding carboxylic acids is 1. The zero-order valence-electron chi connectivity index (χ0n) is 16.6. The zero-order valence-corrected chi connectivity index (χ0v) is 16.6. The van der Waals surface area contributed by atoms with Crippen LogP contribution in [-0.2, 0) is 9.53 Å². The summed E-state index contributed by atoms with van der Waals surface area (Å²) in [6.45, 7) is 10.5. The number of hydrogen-bond donors (Lipinski definition) is 1. The first-order valence-corrected chi connectivity index (χ1v) is 9.45. The number of aryl methyl sites for hydroxylation is 2. The Kier molecular flexibility index (Phi) is 6.50. The smallest absolute Gasteiger partial charge is 0.256 e. The number of methoxy groups -OCH3 is 1. The number of rotatable bonds is 6. The van der Waals surface area contributed by atoms with Crippen molar-refractivity contribution in [1.29, 1.82) is 0 Å². The van der Waals surface area contributed by atoms with Gasteiger partial charge in [-0.25, -0.2) is 0 Å². The molecule has 0 spiro atoms. The SMILES string of the molecule is CC[C@@H](C)Oc1c(C)cc(NC(=O)C2(OC)CCC(C)CC2)cc1C. The van der Waals surface area contributed by atoms with Crippen LogP contribution in [0.25, 0.3) is 0 Å². The number of hydrogen-bond acceptors (Lipinski definition) is 3. The van der Waals surface area contributed by atoms with E-state index in [1.807, 2.05) is 26.0 Å². The topological polar surface area (TPSA) is 47.6 Å². The fourth-order valence-corrected chi connectivity index (χ4v) is 3.49. The third-order valence-electron chi connectivity index (χ3n) is 5.50. The summed E-state index contributed by atoms with van der Waals surface area (Å²) in [4.78, 5) is 12.9. The van der Waals surface area contributed by atoms with Crippen LogP contribution >= 0.6 is 0 Å². The minimum absolute atomic E-state index is 0.0312. The van der Waals surface area contributed by atoms with Gasteiger partial charge < -0.3 is 14.8 Å². The van der Waals surface area contributed by atoms with Crippen molar-refractivity contribution in [3.05, 3.63) is 23.3 Å². The first-order chi connectivity index (χ1) is 11.8. The second-order valence-electron chi connectivity index (χ2n) is 7.61. The van der Waals surface area contributed by atoms with E-state index in [1.165, 1.54) is 0 Å². The normalized spacial score (nSPS) is 24.6. The minimum Gasteiger partial charge on any atom is -0.490 e. The lowest BCUT2D eigenvalue weighted by Crippen LogP contribution is -2.47. The number of benzene rings is 1. The van der Waals surface area contributed by atoms with Crippen LogP contribution in [-0.4, -0.2) is 24.7 Å². The van der Waals surface area contributed by atoms with Crippen molar-refractivity contribution < 1.29 is 14.3 Å². The highest BCUT2D eigenvalue weighted by Gasteiger charge is 2.41. The maximum atomic E-state index is 12.9. The standard InChI is InChI=1S/C21H33NO3/c1-7-17(5)25-19-15(3)12-18(13-16(19)4)22-20(23)21(24-6)10-8-14(2)9-11-21/h12-14,17H,7-11H2,1-6H3,(H,22,23)/t14?,17-,21?/m1/s1. The second-order valence-corrected chi connectivity index (χ2v) is 7.61. The van der Waals surface area contributed by atoms with Gasteiger partial charge in [-0.1, -0.05) is 13.8 Å². The summed E-state index contributed by atoms with van der Waals surface area (Å²) in [6, 6.07) is 3.97. The average molecular weight is 347 g/mol. The highest BCUT2D eigenvalue weighted by Crippen LogP contribution is 2.36. The van der Waals surface area contributed by atoms with E-state index in [0.29, 0.717) is 5.92 Å². The van der Waals surface area contributed by atoms with E-state index >= 15 is 0 Å². The molecule has 1 saturated carbocycles. The molecule has 2 rings (SSSR count). The van der Waals surface area contributed by atoms with Gasteiger partial charge in [0.25, 0.3) is 5.91 Å². The van der Waals surface area contributed by atoms with E-state index in [1.54, 1.807) is 7.11 Å². The first kappa shape index (κ1) is 19.8. The molecule has 1 amide bonds. The molecule has 140 valence electrons. The molecular formula is C21H33NO3. The molecule has 25 heavy (non-hydrogen) atoms. The highest BCUT2D eigenvalue weighted by molar-refractivity contribution is 5.97. The number of amides is 1. The van der Waals surface area contributed by atoms with Crippen LogP contribution in [0.15, 0.2) is 12.1 Å². The van der Waals surface area contributed by atoms with Crippen molar-refractivity contribution in [2.75, 3.05) is 12.4 Å². The lowest BCUT2D eigenvalue weighted by atomic mass is 9.79. The molecule has 0 saturated heterocycles. The Bertz CT molecular complexity index is 580. The number of nitrogens with one attached hydrogen (secondary N) is 1. The van der Waals surface area contributed by atoms with Gasteiger partial charge in [0, 0.05) is 12.8 Å². The monoisotopic (exact) mass is 347 g/mol. The Morgan fingerprint density at radius 3 is 2.32 bits per heavy atom. The first-order valence-electron chi connectivity index (χ1n) is 9.45. The third kappa shape index (κ3) is 4.55. The van der Waals surface area contributed by atoms with Crippen LogP contribution in [0, 0.1) is 19.8 Å². The van der Waals surface area contributed by atoms with Gasteiger partial charge >= 0.3 is 0 Å².